The van der Waals surface area contributed by atoms with E-state index >= 15 is 0 Å². The van der Waals surface area contributed by atoms with Crippen LogP contribution in [0.5, 0.6) is 0 Å². The molecule has 4 nitrogen and oxygen atoms in total. The molecule has 0 bridgehead atoms. The van der Waals surface area contributed by atoms with E-state index in [1.54, 1.807) is 12.1 Å². The van der Waals surface area contributed by atoms with Crippen LogP contribution in [0, 0.1) is 0 Å². The quantitative estimate of drug-likeness (QED) is 0.798. The molecule has 2 rings (SSSR count). The highest BCUT2D eigenvalue weighted by Gasteiger charge is 2.09. The van der Waals surface area contributed by atoms with Crippen molar-refractivity contribution in [3.63, 3.8) is 0 Å². The Morgan fingerprint density at radius 3 is 3.00 bits per heavy atom. The Balaban J connectivity index is 2.15. The van der Waals surface area contributed by atoms with Crippen LogP contribution in [0.3, 0.4) is 0 Å². The maximum absolute atomic E-state index is 10.8. The molecule has 0 fully saturated rings. The van der Waals surface area contributed by atoms with Gasteiger partial charge in [0.05, 0.1) is 5.75 Å². The Hall–Kier alpha value is -1.33. The fourth-order valence-electron chi connectivity index (χ4n) is 1.17. The molecular formula is C11H9ClN2O2S. The first-order valence-electron chi connectivity index (χ1n) is 4.87. The average molecular weight is 269 g/mol. The first-order valence-corrected chi connectivity index (χ1v) is 6.23. The van der Waals surface area contributed by atoms with Crippen molar-refractivity contribution in [3.8, 4) is 11.5 Å². The van der Waals surface area contributed by atoms with Gasteiger partial charge in [0, 0.05) is 10.6 Å². The molecule has 0 spiro atoms. The summed E-state index contributed by atoms with van der Waals surface area (Å²) in [5.74, 6) is 0.799. The number of hydrogen-bond acceptors (Lipinski definition) is 5. The second-order valence-corrected chi connectivity index (χ2v) is 4.74. The van der Waals surface area contributed by atoms with Crippen molar-refractivity contribution >= 4 is 29.1 Å². The molecule has 0 aliphatic rings. The fourth-order valence-corrected chi connectivity index (χ4v) is 1.92. The topological polar surface area (TPSA) is 56.0 Å². The summed E-state index contributed by atoms with van der Waals surface area (Å²) in [7, 11) is 0. The summed E-state index contributed by atoms with van der Waals surface area (Å²) in [6, 6.07) is 7.16. The summed E-state index contributed by atoms with van der Waals surface area (Å²) in [4.78, 5) is 10.8. The summed E-state index contributed by atoms with van der Waals surface area (Å²) in [6.07, 6.45) is 0. The highest BCUT2D eigenvalue weighted by Crippen LogP contribution is 2.24. The Bertz CT molecular complexity index is 542. The molecular weight excluding hydrogens is 260 g/mol. The van der Waals surface area contributed by atoms with Crippen molar-refractivity contribution in [1.29, 1.82) is 0 Å². The number of benzene rings is 1. The number of nitrogens with zero attached hydrogens (tertiary/aromatic N) is 2. The van der Waals surface area contributed by atoms with Gasteiger partial charge in [0.2, 0.25) is 5.89 Å². The largest absolute Gasteiger partial charge is 0.411 e. The molecule has 2 aromatic rings. The number of aromatic nitrogens is 2. The molecule has 0 aliphatic carbocycles. The van der Waals surface area contributed by atoms with Gasteiger partial charge in [0.25, 0.3) is 5.22 Å². The molecule has 0 atom stereocenters. The normalized spacial score (nSPS) is 10.5. The van der Waals surface area contributed by atoms with E-state index < -0.39 is 0 Å². The van der Waals surface area contributed by atoms with Crippen LogP contribution in [0.2, 0.25) is 5.02 Å². The first-order chi connectivity index (χ1) is 8.15. The van der Waals surface area contributed by atoms with Gasteiger partial charge in [-0.05, 0) is 25.1 Å². The maximum Gasteiger partial charge on any atom is 0.277 e. The highest BCUT2D eigenvalue weighted by molar-refractivity contribution is 7.99. The Morgan fingerprint density at radius 2 is 2.29 bits per heavy atom. The number of carbonyl (C=O) groups excluding carboxylic acids is 1. The zero-order valence-electron chi connectivity index (χ0n) is 9.01. The number of hydrogen-bond donors (Lipinski definition) is 0. The summed E-state index contributed by atoms with van der Waals surface area (Å²) >= 11 is 7.09. The maximum atomic E-state index is 10.8. The minimum absolute atomic E-state index is 0.0671. The average Bonchev–Trinajstić information content (AvgIpc) is 2.75. The lowest BCUT2D eigenvalue weighted by atomic mass is 10.2. The molecule has 0 amide bonds. The van der Waals surface area contributed by atoms with Crippen LogP contribution < -0.4 is 0 Å². The number of rotatable bonds is 4. The van der Waals surface area contributed by atoms with Gasteiger partial charge in [-0.25, -0.2) is 0 Å². The van der Waals surface area contributed by atoms with Gasteiger partial charge >= 0.3 is 0 Å². The second kappa shape index (κ2) is 5.33. The van der Waals surface area contributed by atoms with Crippen molar-refractivity contribution < 1.29 is 9.21 Å². The summed E-state index contributed by atoms with van der Waals surface area (Å²) in [6.45, 7) is 1.52. The van der Waals surface area contributed by atoms with Crippen molar-refractivity contribution in [3.05, 3.63) is 29.3 Å². The minimum atomic E-state index is 0.0671. The number of thioether (sulfide) groups is 1. The lowest BCUT2D eigenvalue weighted by molar-refractivity contribution is -0.114. The summed E-state index contributed by atoms with van der Waals surface area (Å²) in [5, 5.41) is 8.74. The Labute approximate surface area is 107 Å². The SMILES string of the molecule is CC(=O)CSc1nnc(-c2cccc(Cl)c2)o1. The number of halogens is 1. The van der Waals surface area contributed by atoms with Crippen LogP contribution in [-0.2, 0) is 4.79 Å². The molecule has 1 aromatic carbocycles. The molecule has 1 heterocycles. The Kier molecular flexibility index (Phi) is 3.81. The van der Waals surface area contributed by atoms with E-state index in [4.69, 9.17) is 16.0 Å². The van der Waals surface area contributed by atoms with Gasteiger partial charge in [-0.2, -0.15) is 0 Å². The van der Waals surface area contributed by atoms with Crippen LogP contribution in [0.4, 0.5) is 0 Å². The van der Waals surface area contributed by atoms with E-state index in [2.05, 4.69) is 10.2 Å². The third-order valence-corrected chi connectivity index (χ3v) is 3.07. The Morgan fingerprint density at radius 1 is 1.47 bits per heavy atom. The van der Waals surface area contributed by atoms with E-state index in [0.717, 1.165) is 5.56 Å². The van der Waals surface area contributed by atoms with E-state index in [0.29, 0.717) is 21.9 Å². The molecule has 0 unspecified atom stereocenters. The van der Waals surface area contributed by atoms with E-state index in [1.807, 2.05) is 12.1 Å². The van der Waals surface area contributed by atoms with Crippen molar-refractivity contribution in [2.45, 2.75) is 12.1 Å². The lowest BCUT2D eigenvalue weighted by Gasteiger charge is -1.94. The monoisotopic (exact) mass is 268 g/mol. The zero-order valence-corrected chi connectivity index (χ0v) is 10.6. The van der Waals surface area contributed by atoms with Crippen LogP contribution >= 0.6 is 23.4 Å². The molecule has 1 aromatic heterocycles. The van der Waals surface area contributed by atoms with Crippen molar-refractivity contribution in [2.24, 2.45) is 0 Å². The smallest absolute Gasteiger partial charge is 0.277 e. The zero-order chi connectivity index (χ0) is 12.3. The van der Waals surface area contributed by atoms with Crippen LogP contribution in [0.25, 0.3) is 11.5 Å². The third kappa shape index (κ3) is 3.31. The molecule has 0 aliphatic heterocycles. The second-order valence-electron chi connectivity index (χ2n) is 3.37. The molecule has 6 heteroatoms. The van der Waals surface area contributed by atoms with E-state index in [1.165, 1.54) is 18.7 Å². The molecule has 0 N–H and O–H groups in total. The van der Waals surface area contributed by atoms with Crippen LogP contribution in [0.15, 0.2) is 33.9 Å². The van der Waals surface area contributed by atoms with Gasteiger partial charge in [-0.1, -0.05) is 29.4 Å². The third-order valence-electron chi connectivity index (χ3n) is 1.88. The molecule has 88 valence electrons. The van der Waals surface area contributed by atoms with Gasteiger partial charge in [0.1, 0.15) is 5.78 Å². The first kappa shape index (κ1) is 12.1. The standard InChI is InChI=1S/C11H9ClN2O2S/c1-7(15)6-17-11-14-13-10(16-11)8-3-2-4-9(12)5-8/h2-5H,6H2,1H3. The van der Waals surface area contributed by atoms with Gasteiger partial charge in [-0.3, -0.25) is 4.79 Å². The molecule has 17 heavy (non-hydrogen) atoms. The fraction of sp³-hybridized carbons (Fsp3) is 0.182. The van der Waals surface area contributed by atoms with Gasteiger partial charge in [0.15, 0.2) is 0 Å². The lowest BCUT2D eigenvalue weighted by Crippen LogP contribution is -1.92. The molecule has 0 saturated carbocycles. The van der Waals surface area contributed by atoms with Crippen LogP contribution in [0.1, 0.15) is 6.92 Å². The molecule has 0 radical (unpaired) electrons. The van der Waals surface area contributed by atoms with Crippen molar-refractivity contribution in [1.82, 2.24) is 10.2 Å². The molecule has 0 saturated heterocycles. The summed E-state index contributed by atoms with van der Waals surface area (Å²) in [5.41, 5.74) is 0.764. The minimum Gasteiger partial charge on any atom is -0.411 e. The van der Waals surface area contributed by atoms with E-state index in [-0.39, 0.29) is 5.78 Å². The number of ketones is 1. The number of carbonyl (C=O) groups is 1. The number of Topliss-reactive ketones (excluding diaryl/α,β-unsaturated/α-hetero) is 1. The van der Waals surface area contributed by atoms with Crippen LogP contribution in [-0.4, -0.2) is 21.7 Å². The van der Waals surface area contributed by atoms with E-state index in [9.17, 15) is 4.79 Å². The van der Waals surface area contributed by atoms with Crippen molar-refractivity contribution in [2.75, 3.05) is 5.75 Å². The van der Waals surface area contributed by atoms with Gasteiger partial charge < -0.3 is 4.42 Å². The predicted octanol–water partition coefficient (Wildman–Crippen LogP) is 3.07. The predicted molar refractivity (Wildman–Crippen MR) is 66.1 cm³/mol. The summed E-state index contributed by atoms with van der Waals surface area (Å²) < 4.78 is 5.40. The van der Waals surface area contributed by atoms with Gasteiger partial charge in [-0.15, -0.1) is 10.2 Å². The highest BCUT2D eigenvalue weighted by atomic mass is 35.5.